The van der Waals surface area contributed by atoms with E-state index in [1.807, 2.05) is 13.8 Å². The van der Waals surface area contributed by atoms with E-state index in [4.69, 9.17) is 0 Å². The molecule has 72 valence electrons. The van der Waals surface area contributed by atoms with Crippen molar-refractivity contribution >= 4 is 0 Å². The van der Waals surface area contributed by atoms with Crippen molar-refractivity contribution in [2.24, 2.45) is 5.41 Å². The highest BCUT2D eigenvalue weighted by Gasteiger charge is 2.34. The van der Waals surface area contributed by atoms with Gasteiger partial charge in [0.1, 0.15) is 0 Å². The molecule has 12 heavy (non-hydrogen) atoms. The largest absolute Gasteiger partial charge is 0.345 e. The van der Waals surface area contributed by atoms with Crippen LogP contribution in [0.3, 0.4) is 0 Å². The van der Waals surface area contributed by atoms with Crippen LogP contribution in [0.4, 0.5) is 8.78 Å². The molecule has 1 aliphatic heterocycles. The number of halogens is 2. The highest BCUT2D eigenvalue weighted by molar-refractivity contribution is 4.86. The lowest BCUT2D eigenvalue weighted by atomic mass is 9.82. The maximum absolute atomic E-state index is 11.9. The summed E-state index contributed by atoms with van der Waals surface area (Å²) in [7, 11) is 0. The topological polar surface area (TPSA) is 21.3 Å². The quantitative estimate of drug-likeness (QED) is 0.695. The fourth-order valence-corrected chi connectivity index (χ4v) is 1.52. The molecule has 0 aliphatic carbocycles. The van der Waals surface area contributed by atoms with Gasteiger partial charge >= 0.3 is 6.61 Å². The lowest BCUT2D eigenvalue weighted by Gasteiger charge is -2.38. The maximum atomic E-state index is 11.9. The first-order chi connectivity index (χ1) is 5.52. The Labute approximate surface area is 71.3 Å². The van der Waals surface area contributed by atoms with E-state index in [9.17, 15) is 8.78 Å². The average Bonchev–Trinajstić information content (AvgIpc) is 1.92. The summed E-state index contributed by atoms with van der Waals surface area (Å²) >= 11 is 0. The molecule has 1 heterocycles. The smallest absolute Gasteiger partial charge is 0.319 e. The van der Waals surface area contributed by atoms with E-state index in [1.54, 1.807) is 0 Å². The molecular formula is C8H15F2NO. The molecule has 1 aliphatic rings. The molecule has 0 aromatic rings. The normalized spacial score (nSPS) is 29.2. The monoisotopic (exact) mass is 179 g/mol. The standard InChI is InChI=1S/C8H15F2NO/c1-8(2)5-11-4-3-6(8)12-7(9)10/h6-7,11H,3-5H2,1-2H3. The van der Waals surface area contributed by atoms with Gasteiger partial charge in [-0.1, -0.05) is 13.8 Å². The molecule has 0 aromatic heterocycles. The number of piperidine rings is 1. The minimum Gasteiger partial charge on any atom is -0.319 e. The molecule has 1 atom stereocenters. The van der Waals surface area contributed by atoms with Gasteiger partial charge in [0.25, 0.3) is 0 Å². The van der Waals surface area contributed by atoms with Crippen molar-refractivity contribution in [3.8, 4) is 0 Å². The maximum Gasteiger partial charge on any atom is 0.345 e. The summed E-state index contributed by atoms with van der Waals surface area (Å²) in [5, 5.41) is 3.15. The summed E-state index contributed by atoms with van der Waals surface area (Å²) in [4.78, 5) is 0. The van der Waals surface area contributed by atoms with Gasteiger partial charge in [-0.15, -0.1) is 0 Å². The van der Waals surface area contributed by atoms with Crippen molar-refractivity contribution < 1.29 is 13.5 Å². The second-order valence-corrected chi connectivity index (χ2v) is 3.84. The molecule has 1 saturated heterocycles. The molecular weight excluding hydrogens is 164 g/mol. The molecule has 0 aromatic carbocycles. The zero-order valence-electron chi connectivity index (χ0n) is 7.44. The third-order valence-corrected chi connectivity index (χ3v) is 2.30. The van der Waals surface area contributed by atoms with Crippen LogP contribution >= 0.6 is 0 Å². The fourth-order valence-electron chi connectivity index (χ4n) is 1.52. The van der Waals surface area contributed by atoms with Crippen molar-refractivity contribution in [1.29, 1.82) is 0 Å². The Balaban J connectivity index is 2.48. The van der Waals surface area contributed by atoms with Crippen molar-refractivity contribution in [1.82, 2.24) is 5.32 Å². The number of hydrogen-bond acceptors (Lipinski definition) is 2. The molecule has 0 bridgehead atoms. The van der Waals surface area contributed by atoms with Gasteiger partial charge in [-0.3, -0.25) is 0 Å². The van der Waals surface area contributed by atoms with Crippen LogP contribution in [0, 0.1) is 5.41 Å². The molecule has 0 radical (unpaired) electrons. The summed E-state index contributed by atoms with van der Waals surface area (Å²) in [5.41, 5.74) is -0.186. The SMILES string of the molecule is CC1(C)CNCCC1OC(F)F. The van der Waals surface area contributed by atoms with Crippen molar-refractivity contribution in [2.45, 2.75) is 33.0 Å². The first-order valence-electron chi connectivity index (χ1n) is 4.17. The predicted molar refractivity (Wildman–Crippen MR) is 42.1 cm³/mol. The van der Waals surface area contributed by atoms with E-state index in [2.05, 4.69) is 10.1 Å². The number of ether oxygens (including phenoxy) is 1. The highest BCUT2D eigenvalue weighted by atomic mass is 19.3. The second-order valence-electron chi connectivity index (χ2n) is 3.84. The second kappa shape index (κ2) is 3.66. The molecule has 0 saturated carbocycles. The Morgan fingerprint density at radius 2 is 2.17 bits per heavy atom. The van der Waals surface area contributed by atoms with Crippen molar-refractivity contribution in [3.05, 3.63) is 0 Å². The van der Waals surface area contributed by atoms with Crippen LogP contribution in [0.15, 0.2) is 0 Å². The van der Waals surface area contributed by atoms with Gasteiger partial charge in [0.05, 0.1) is 6.10 Å². The van der Waals surface area contributed by atoms with Gasteiger partial charge in [-0.05, 0) is 13.0 Å². The molecule has 1 unspecified atom stereocenters. The van der Waals surface area contributed by atoms with E-state index in [1.165, 1.54) is 0 Å². The number of hydrogen-bond donors (Lipinski definition) is 1. The fraction of sp³-hybridized carbons (Fsp3) is 1.00. The van der Waals surface area contributed by atoms with Gasteiger partial charge in [0, 0.05) is 12.0 Å². The van der Waals surface area contributed by atoms with Gasteiger partial charge in [-0.2, -0.15) is 8.78 Å². The summed E-state index contributed by atoms with van der Waals surface area (Å²) in [6.07, 6.45) is 0.343. The van der Waals surface area contributed by atoms with Crippen LogP contribution in [-0.2, 0) is 4.74 Å². The Morgan fingerprint density at radius 3 is 2.67 bits per heavy atom. The number of nitrogens with one attached hydrogen (secondary N) is 1. The van der Waals surface area contributed by atoms with Gasteiger partial charge in [-0.25, -0.2) is 0 Å². The van der Waals surface area contributed by atoms with Crippen LogP contribution in [0.25, 0.3) is 0 Å². The molecule has 0 amide bonds. The molecule has 1 rings (SSSR count). The lowest BCUT2D eigenvalue weighted by Crippen LogP contribution is -2.48. The Hall–Kier alpha value is -0.220. The Kier molecular flexibility index (Phi) is 3.01. The summed E-state index contributed by atoms with van der Waals surface area (Å²) in [5.74, 6) is 0. The van der Waals surface area contributed by atoms with Gasteiger partial charge < -0.3 is 10.1 Å². The van der Waals surface area contributed by atoms with Crippen LogP contribution in [0.5, 0.6) is 0 Å². The molecule has 1 fully saturated rings. The zero-order chi connectivity index (χ0) is 9.19. The number of rotatable bonds is 2. The predicted octanol–water partition coefficient (Wildman–Crippen LogP) is 1.61. The minimum absolute atomic E-state index is 0.186. The summed E-state index contributed by atoms with van der Waals surface area (Å²) < 4.78 is 28.4. The lowest BCUT2D eigenvalue weighted by molar-refractivity contribution is -0.195. The third-order valence-electron chi connectivity index (χ3n) is 2.30. The molecule has 0 spiro atoms. The van der Waals surface area contributed by atoms with Crippen LogP contribution in [0.1, 0.15) is 20.3 Å². The molecule has 1 N–H and O–H groups in total. The van der Waals surface area contributed by atoms with Crippen molar-refractivity contribution in [3.63, 3.8) is 0 Å². The first-order valence-corrected chi connectivity index (χ1v) is 4.17. The number of alkyl halides is 2. The third kappa shape index (κ3) is 2.38. The Bertz CT molecular complexity index is 150. The van der Waals surface area contributed by atoms with Crippen LogP contribution < -0.4 is 5.32 Å². The van der Waals surface area contributed by atoms with Crippen LogP contribution in [-0.4, -0.2) is 25.8 Å². The van der Waals surface area contributed by atoms with E-state index in [0.29, 0.717) is 6.42 Å². The molecule has 2 nitrogen and oxygen atoms in total. The van der Waals surface area contributed by atoms with Crippen LogP contribution in [0.2, 0.25) is 0 Å². The average molecular weight is 179 g/mol. The first kappa shape index (κ1) is 9.86. The summed E-state index contributed by atoms with van der Waals surface area (Å²) in [6, 6.07) is 0. The van der Waals surface area contributed by atoms with E-state index >= 15 is 0 Å². The minimum atomic E-state index is -2.65. The van der Waals surface area contributed by atoms with Gasteiger partial charge in [0.15, 0.2) is 0 Å². The van der Waals surface area contributed by atoms with E-state index in [-0.39, 0.29) is 11.5 Å². The van der Waals surface area contributed by atoms with Gasteiger partial charge in [0.2, 0.25) is 0 Å². The van der Waals surface area contributed by atoms with E-state index in [0.717, 1.165) is 13.1 Å². The van der Waals surface area contributed by atoms with Crippen molar-refractivity contribution in [2.75, 3.05) is 13.1 Å². The Morgan fingerprint density at radius 1 is 1.50 bits per heavy atom. The summed E-state index contributed by atoms with van der Waals surface area (Å²) in [6.45, 7) is 2.73. The zero-order valence-corrected chi connectivity index (χ0v) is 7.44. The molecule has 4 heteroatoms. The van der Waals surface area contributed by atoms with E-state index < -0.39 is 6.61 Å². The highest BCUT2D eigenvalue weighted by Crippen LogP contribution is 2.28.